The van der Waals surface area contributed by atoms with E-state index in [1.807, 2.05) is 6.92 Å². The van der Waals surface area contributed by atoms with E-state index in [-0.39, 0.29) is 0 Å². The van der Waals surface area contributed by atoms with Crippen LogP contribution in [0.4, 0.5) is 0 Å². The predicted octanol–water partition coefficient (Wildman–Crippen LogP) is 2.99. The van der Waals surface area contributed by atoms with Gasteiger partial charge in [-0.3, -0.25) is 4.57 Å². The molecule has 1 aliphatic carbocycles. The maximum absolute atomic E-state index is 6.00. The van der Waals surface area contributed by atoms with Crippen LogP contribution in [0.25, 0.3) is 0 Å². The zero-order valence-electron chi connectivity index (χ0n) is 8.70. The number of aromatic nitrogens is 3. The van der Waals surface area contributed by atoms with E-state index in [9.17, 15) is 0 Å². The summed E-state index contributed by atoms with van der Waals surface area (Å²) in [5, 5.41) is 8.42. The summed E-state index contributed by atoms with van der Waals surface area (Å²) in [7, 11) is 0. The molecule has 4 heteroatoms. The van der Waals surface area contributed by atoms with Crippen LogP contribution in [0.5, 0.6) is 0 Å². The van der Waals surface area contributed by atoms with Gasteiger partial charge < -0.3 is 0 Å². The summed E-state index contributed by atoms with van der Waals surface area (Å²) in [4.78, 5) is 0. The van der Waals surface area contributed by atoms with Crippen LogP contribution in [0.2, 0.25) is 5.28 Å². The summed E-state index contributed by atoms with van der Waals surface area (Å²) in [5.41, 5.74) is 0. The van der Waals surface area contributed by atoms with E-state index in [0.29, 0.717) is 11.3 Å². The molecule has 78 valence electrons. The Kier molecular flexibility index (Phi) is 2.77. The molecule has 0 spiro atoms. The Labute approximate surface area is 89.5 Å². The highest BCUT2D eigenvalue weighted by molar-refractivity contribution is 6.28. The first-order valence-electron chi connectivity index (χ1n) is 5.25. The number of rotatable bonds is 1. The van der Waals surface area contributed by atoms with Crippen LogP contribution in [0, 0.1) is 12.8 Å². The zero-order valence-corrected chi connectivity index (χ0v) is 9.46. The highest BCUT2D eigenvalue weighted by Gasteiger charge is 2.22. The molecule has 1 heterocycles. The second-order valence-corrected chi connectivity index (χ2v) is 4.64. The average molecular weight is 214 g/mol. The monoisotopic (exact) mass is 213 g/mol. The van der Waals surface area contributed by atoms with Crippen molar-refractivity contribution in [3.8, 4) is 0 Å². The minimum absolute atomic E-state index is 0.522. The second kappa shape index (κ2) is 3.89. The van der Waals surface area contributed by atoms with Gasteiger partial charge in [0.25, 0.3) is 0 Å². The molecule has 0 N–H and O–H groups in total. The van der Waals surface area contributed by atoms with Crippen LogP contribution in [0.1, 0.15) is 44.5 Å². The van der Waals surface area contributed by atoms with Gasteiger partial charge in [-0.05, 0) is 50.1 Å². The molecule has 1 aliphatic rings. The van der Waals surface area contributed by atoms with Crippen molar-refractivity contribution >= 4 is 11.6 Å². The van der Waals surface area contributed by atoms with E-state index < -0.39 is 0 Å². The van der Waals surface area contributed by atoms with Gasteiger partial charge in [0.05, 0.1) is 0 Å². The lowest BCUT2D eigenvalue weighted by molar-refractivity contribution is 0.286. The van der Waals surface area contributed by atoms with E-state index in [1.165, 1.54) is 25.7 Å². The van der Waals surface area contributed by atoms with Crippen molar-refractivity contribution in [3.05, 3.63) is 11.1 Å². The van der Waals surface area contributed by atoms with Crippen molar-refractivity contribution in [2.24, 2.45) is 5.92 Å². The number of aryl methyl sites for hydroxylation is 1. The van der Waals surface area contributed by atoms with Gasteiger partial charge in [0, 0.05) is 6.04 Å². The van der Waals surface area contributed by atoms with Crippen molar-refractivity contribution in [1.29, 1.82) is 0 Å². The van der Waals surface area contributed by atoms with Gasteiger partial charge in [-0.25, -0.2) is 0 Å². The van der Waals surface area contributed by atoms with Crippen molar-refractivity contribution in [2.45, 2.75) is 45.6 Å². The normalized spacial score (nSPS) is 27.9. The van der Waals surface area contributed by atoms with Crippen molar-refractivity contribution < 1.29 is 0 Å². The Bertz CT molecular complexity index is 294. The van der Waals surface area contributed by atoms with Crippen molar-refractivity contribution in [3.63, 3.8) is 0 Å². The third-order valence-corrected chi connectivity index (χ3v) is 3.43. The number of nitrogens with zero attached hydrogens (tertiary/aromatic N) is 3. The molecule has 3 nitrogen and oxygen atoms in total. The largest absolute Gasteiger partial charge is 0.299 e. The first-order valence-corrected chi connectivity index (χ1v) is 5.63. The van der Waals surface area contributed by atoms with E-state index in [1.54, 1.807) is 0 Å². The fraction of sp³-hybridized carbons (Fsp3) is 0.800. The molecular formula is C10H16ClN3. The van der Waals surface area contributed by atoms with Crippen LogP contribution in [-0.2, 0) is 0 Å². The summed E-state index contributed by atoms with van der Waals surface area (Å²) in [6, 6.07) is 0.522. The van der Waals surface area contributed by atoms with Crippen LogP contribution in [0.3, 0.4) is 0 Å². The Morgan fingerprint density at radius 2 is 1.86 bits per heavy atom. The van der Waals surface area contributed by atoms with E-state index in [2.05, 4.69) is 21.7 Å². The second-order valence-electron chi connectivity index (χ2n) is 4.30. The van der Waals surface area contributed by atoms with Gasteiger partial charge >= 0.3 is 0 Å². The molecule has 1 aromatic heterocycles. The smallest absolute Gasteiger partial charge is 0.225 e. The Morgan fingerprint density at radius 1 is 1.21 bits per heavy atom. The number of hydrogen-bond acceptors (Lipinski definition) is 2. The zero-order chi connectivity index (χ0) is 10.1. The predicted molar refractivity (Wildman–Crippen MR) is 56.4 cm³/mol. The fourth-order valence-electron chi connectivity index (χ4n) is 2.26. The molecular weight excluding hydrogens is 198 g/mol. The summed E-state index contributed by atoms with van der Waals surface area (Å²) >= 11 is 6.00. The molecule has 0 aromatic carbocycles. The summed E-state index contributed by atoms with van der Waals surface area (Å²) < 4.78 is 2.08. The number of hydrogen-bond donors (Lipinski definition) is 0. The SMILES string of the molecule is Cc1nnc(Cl)n1C1CCC(C)CC1. The van der Waals surface area contributed by atoms with Gasteiger partial charge in [0.1, 0.15) is 5.82 Å². The van der Waals surface area contributed by atoms with Crippen LogP contribution in [0.15, 0.2) is 0 Å². The molecule has 0 bridgehead atoms. The highest BCUT2D eigenvalue weighted by Crippen LogP contribution is 2.33. The lowest BCUT2D eigenvalue weighted by Crippen LogP contribution is -2.17. The van der Waals surface area contributed by atoms with Crippen LogP contribution >= 0.6 is 11.6 Å². The van der Waals surface area contributed by atoms with E-state index >= 15 is 0 Å². The molecule has 0 radical (unpaired) electrons. The summed E-state index contributed by atoms with van der Waals surface area (Å²) in [5.74, 6) is 1.80. The molecule has 1 aromatic rings. The summed E-state index contributed by atoms with van der Waals surface area (Å²) in [6.45, 7) is 4.29. The highest BCUT2D eigenvalue weighted by atomic mass is 35.5. The van der Waals surface area contributed by atoms with Gasteiger partial charge in [-0.15, -0.1) is 10.2 Å². The molecule has 1 saturated carbocycles. The topological polar surface area (TPSA) is 30.7 Å². The number of halogens is 1. The Balaban J connectivity index is 2.15. The average Bonchev–Trinajstić information content (AvgIpc) is 2.49. The lowest BCUT2D eigenvalue weighted by Gasteiger charge is -2.27. The minimum Gasteiger partial charge on any atom is -0.299 e. The summed E-state index contributed by atoms with van der Waals surface area (Å²) in [6.07, 6.45) is 5.00. The third-order valence-electron chi connectivity index (χ3n) is 3.18. The van der Waals surface area contributed by atoms with Gasteiger partial charge in [0.2, 0.25) is 5.28 Å². The maximum atomic E-state index is 6.00. The minimum atomic E-state index is 0.522. The molecule has 0 aliphatic heterocycles. The standard InChI is InChI=1S/C10H16ClN3/c1-7-3-5-9(6-4-7)14-8(2)12-13-10(14)11/h7,9H,3-6H2,1-2H3. The van der Waals surface area contributed by atoms with Gasteiger partial charge in [-0.1, -0.05) is 6.92 Å². The molecule has 14 heavy (non-hydrogen) atoms. The molecule has 0 atom stereocenters. The quantitative estimate of drug-likeness (QED) is 0.718. The fourth-order valence-corrected chi connectivity index (χ4v) is 2.56. The first kappa shape index (κ1) is 9.97. The molecule has 1 fully saturated rings. The van der Waals surface area contributed by atoms with E-state index in [4.69, 9.17) is 11.6 Å². The van der Waals surface area contributed by atoms with Gasteiger partial charge in [-0.2, -0.15) is 0 Å². The van der Waals surface area contributed by atoms with Gasteiger partial charge in [0.15, 0.2) is 0 Å². The molecule has 0 saturated heterocycles. The van der Waals surface area contributed by atoms with Crippen molar-refractivity contribution in [1.82, 2.24) is 14.8 Å². The van der Waals surface area contributed by atoms with Crippen molar-refractivity contribution in [2.75, 3.05) is 0 Å². The van der Waals surface area contributed by atoms with E-state index in [0.717, 1.165) is 11.7 Å². The Hall–Kier alpha value is -0.570. The van der Waals surface area contributed by atoms with Crippen LogP contribution < -0.4 is 0 Å². The molecule has 0 amide bonds. The first-order chi connectivity index (χ1) is 6.68. The molecule has 2 rings (SSSR count). The lowest BCUT2D eigenvalue weighted by atomic mass is 9.87. The molecule has 0 unspecified atom stereocenters. The Morgan fingerprint density at radius 3 is 2.36 bits per heavy atom. The maximum Gasteiger partial charge on any atom is 0.225 e. The van der Waals surface area contributed by atoms with Crippen LogP contribution in [-0.4, -0.2) is 14.8 Å². The third kappa shape index (κ3) is 1.78.